The molecule has 0 saturated heterocycles. The van der Waals surface area contributed by atoms with Crippen LogP contribution in [0.1, 0.15) is 0 Å². The predicted molar refractivity (Wildman–Crippen MR) is 59.5 cm³/mol. The topological polar surface area (TPSA) is 58.0 Å². The second-order valence-electron chi connectivity index (χ2n) is 3.03. The number of nitrogens with one attached hydrogen (secondary N) is 1. The number of anilines is 1. The van der Waals surface area contributed by atoms with Crippen LogP contribution in [0.3, 0.4) is 0 Å². The molecule has 17 heavy (non-hydrogen) atoms. The van der Waals surface area contributed by atoms with Crippen molar-refractivity contribution < 1.29 is 13.9 Å². The molecule has 2 rings (SSSR count). The third kappa shape index (κ3) is 2.82. The third-order valence-corrected chi connectivity index (χ3v) is 2.69. The summed E-state index contributed by atoms with van der Waals surface area (Å²) in [5.41, 5.74) is 0. The van der Waals surface area contributed by atoms with Gasteiger partial charge in [0, 0.05) is 12.3 Å². The van der Waals surface area contributed by atoms with E-state index in [1.54, 1.807) is 6.07 Å². The first-order valence-electron chi connectivity index (χ1n) is 4.53. The highest BCUT2D eigenvalue weighted by Crippen LogP contribution is 2.27. The predicted octanol–water partition coefficient (Wildman–Crippen LogP) is 2.58. The number of nitrogens with zero attached hydrogens (tertiary/aromatic N) is 2. The molecule has 7 heteroatoms. The summed E-state index contributed by atoms with van der Waals surface area (Å²) in [6.45, 7) is 0. The fourth-order valence-electron chi connectivity index (χ4n) is 1.05. The van der Waals surface area contributed by atoms with Crippen LogP contribution < -0.4 is 4.72 Å². The molecule has 1 aromatic heterocycles. The minimum absolute atomic E-state index is 0.0268. The third-order valence-electron chi connectivity index (χ3n) is 1.85. The Morgan fingerprint density at radius 3 is 2.76 bits per heavy atom. The van der Waals surface area contributed by atoms with E-state index in [2.05, 4.69) is 14.7 Å². The van der Waals surface area contributed by atoms with Gasteiger partial charge in [-0.2, -0.15) is 0 Å². The van der Waals surface area contributed by atoms with Gasteiger partial charge in [0.15, 0.2) is 11.6 Å². The molecule has 4 nitrogen and oxygen atoms in total. The number of aromatic hydroxyl groups is 1. The zero-order valence-corrected chi connectivity index (χ0v) is 9.21. The molecule has 0 aliphatic carbocycles. The fraction of sp³-hybridized carbons (Fsp3) is 0. The van der Waals surface area contributed by atoms with Crippen molar-refractivity contribution >= 4 is 17.8 Å². The van der Waals surface area contributed by atoms with Crippen LogP contribution in [-0.2, 0) is 0 Å². The fourth-order valence-corrected chi connectivity index (χ4v) is 1.71. The van der Waals surface area contributed by atoms with Gasteiger partial charge >= 0.3 is 0 Å². The van der Waals surface area contributed by atoms with E-state index in [-0.39, 0.29) is 4.90 Å². The van der Waals surface area contributed by atoms with Crippen molar-refractivity contribution in [1.29, 1.82) is 0 Å². The smallest absolute Gasteiger partial charge is 0.166 e. The van der Waals surface area contributed by atoms with E-state index in [4.69, 9.17) is 5.11 Å². The monoisotopic (exact) mass is 255 g/mol. The van der Waals surface area contributed by atoms with Gasteiger partial charge in [-0.3, -0.25) is 0 Å². The second-order valence-corrected chi connectivity index (χ2v) is 3.88. The lowest BCUT2D eigenvalue weighted by atomic mass is 10.3. The van der Waals surface area contributed by atoms with E-state index in [0.717, 1.165) is 24.1 Å². The number of halogens is 2. The van der Waals surface area contributed by atoms with Gasteiger partial charge in [-0.15, -0.1) is 0 Å². The molecule has 0 unspecified atom stereocenters. The molecule has 88 valence electrons. The van der Waals surface area contributed by atoms with Crippen LogP contribution in [0.25, 0.3) is 0 Å². The number of phenolic OH excluding ortho intramolecular Hbond substituents is 1. The SMILES string of the molecule is Oc1cc(F)c(SNc2ccncn2)cc1F. The Labute approximate surface area is 99.9 Å². The van der Waals surface area contributed by atoms with Crippen molar-refractivity contribution in [2.45, 2.75) is 4.90 Å². The van der Waals surface area contributed by atoms with Gasteiger partial charge in [-0.1, -0.05) is 0 Å². The highest BCUT2D eigenvalue weighted by Gasteiger charge is 2.09. The summed E-state index contributed by atoms with van der Waals surface area (Å²) in [6.07, 6.45) is 2.85. The van der Waals surface area contributed by atoms with E-state index in [1.807, 2.05) is 0 Å². The summed E-state index contributed by atoms with van der Waals surface area (Å²) in [7, 11) is 0. The quantitative estimate of drug-likeness (QED) is 0.825. The average molecular weight is 255 g/mol. The van der Waals surface area contributed by atoms with Crippen LogP contribution in [0.4, 0.5) is 14.6 Å². The van der Waals surface area contributed by atoms with Crippen molar-refractivity contribution in [1.82, 2.24) is 9.97 Å². The largest absolute Gasteiger partial charge is 0.505 e. The van der Waals surface area contributed by atoms with Gasteiger partial charge < -0.3 is 9.83 Å². The van der Waals surface area contributed by atoms with Gasteiger partial charge in [0.1, 0.15) is 18.0 Å². The molecule has 0 atom stereocenters. The zero-order chi connectivity index (χ0) is 12.3. The maximum atomic E-state index is 13.3. The molecule has 0 bridgehead atoms. The van der Waals surface area contributed by atoms with Crippen LogP contribution in [0.2, 0.25) is 0 Å². The molecule has 0 spiro atoms. The Morgan fingerprint density at radius 1 is 1.24 bits per heavy atom. The van der Waals surface area contributed by atoms with Crippen LogP contribution in [0, 0.1) is 11.6 Å². The molecule has 0 aliphatic heterocycles. The van der Waals surface area contributed by atoms with E-state index in [9.17, 15) is 8.78 Å². The first-order valence-corrected chi connectivity index (χ1v) is 5.35. The summed E-state index contributed by atoms with van der Waals surface area (Å²) < 4.78 is 29.0. The lowest BCUT2D eigenvalue weighted by Gasteiger charge is -2.05. The first kappa shape index (κ1) is 11.6. The van der Waals surface area contributed by atoms with E-state index in [1.165, 1.54) is 12.5 Å². The number of hydrogen-bond acceptors (Lipinski definition) is 5. The van der Waals surface area contributed by atoms with Gasteiger partial charge in [-0.25, -0.2) is 18.7 Å². The molecule has 1 aromatic carbocycles. The second kappa shape index (κ2) is 4.96. The molecule has 2 N–H and O–H groups in total. The Kier molecular flexibility index (Phi) is 3.38. The number of phenols is 1. The molecule has 0 radical (unpaired) electrons. The number of aromatic nitrogens is 2. The summed E-state index contributed by atoms with van der Waals surface area (Å²) in [5, 5.41) is 8.94. The Balaban J connectivity index is 2.12. The van der Waals surface area contributed by atoms with Crippen LogP contribution in [0.5, 0.6) is 5.75 Å². The minimum atomic E-state index is -0.876. The molecular formula is C10H7F2N3OS. The maximum absolute atomic E-state index is 13.3. The van der Waals surface area contributed by atoms with Crippen molar-refractivity contribution in [3.63, 3.8) is 0 Å². The molecular weight excluding hydrogens is 248 g/mol. The standard InChI is InChI=1S/C10H7F2N3OS/c11-6-4-9(7(12)3-8(6)16)17-15-10-1-2-13-5-14-10/h1-5,16H,(H,13,14,15). The Hall–Kier alpha value is -1.89. The van der Waals surface area contributed by atoms with Crippen molar-refractivity contribution in [3.8, 4) is 5.75 Å². The number of benzene rings is 1. The summed E-state index contributed by atoms with van der Waals surface area (Å²) in [5.74, 6) is -1.83. The van der Waals surface area contributed by atoms with Crippen LogP contribution >= 0.6 is 11.9 Å². The maximum Gasteiger partial charge on any atom is 0.166 e. The van der Waals surface area contributed by atoms with Crippen LogP contribution in [-0.4, -0.2) is 15.1 Å². The molecule has 0 aliphatic rings. The van der Waals surface area contributed by atoms with E-state index < -0.39 is 17.4 Å². The molecule has 2 aromatic rings. The molecule has 0 saturated carbocycles. The van der Waals surface area contributed by atoms with Gasteiger partial charge in [0.2, 0.25) is 0 Å². The summed E-state index contributed by atoms with van der Waals surface area (Å²) >= 11 is 0.857. The minimum Gasteiger partial charge on any atom is -0.505 e. The van der Waals surface area contributed by atoms with Crippen LogP contribution in [0.15, 0.2) is 35.6 Å². The highest BCUT2D eigenvalue weighted by atomic mass is 32.2. The Bertz CT molecular complexity index is 524. The van der Waals surface area contributed by atoms with E-state index >= 15 is 0 Å². The van der Waals surface area contributed by atoms with E-state index in [0.29, 0.717) is 5.82 Å². The number of hydrogen-bond donors (Lipinski definition) is 2. The summed E-state index contributed by atoms with van der Waals surface area (Å²) in [6, 6.07) is 3.21. The van der Waals surface area contributed by atoms with Gasteiger partial charge in [-0.05, 0) is 24.1 Å². The van der Waals surface area contributed by atoms with Gasteiger partial charge in [0.25, 0.3) is 0 Å². The van der Waals surface area contributed by atoms with Crippen molar-refractivity contribution in [2.75, 3.05) is 4.72 Å². The average Bonchev–Trinajstić information content (AvgIpc) is 2.33. The van der Waals surface area contributed by atoms with Crippen molar-refractivity contribution in [3.05, 3.63) is 42.4 Å². The molecule has 0 amide bonds. The molecule has 0 fully saturated rings. The lowest BCUT2D eigenvalue weighted by Crippen LogP contribution is -1.93. The highest BCUT2D eigenvalue weighted by molar-refractivity contribution is 8.00. The summed E-state index contributed by atoms with van der Waals surface area (Å²) in [4.78, 5) is 7.60. The zero-order valence-electron chi connectivity index (χ0n) is 8.39. The lowest BCUT2D eigenvalue weighted by molar-refractivity contribution is 0.423. The molecule has 1 heterocycles. The van der Waals surface area contributed by atoms with Crippen molar-refractivity contribution in [2.24, 2.45) is 0 Å². The number of rotatable bonds is 3. The van der Waals surface area contributed by atoms with Gasteiger partial charge in [0.05, 0.1) is 4.90 Å². The normalized spacial score (nSPS) is 10.2. The first-order chi connectivity index (χ1) is 8.16. The Morgan fingerprint density at radius 2 is 2.06 bits per heavy atom.